The van der Waals surface area contributed by atoms with Crippen LogP contribution >= 0.6 is 0 Å². The van der Waals surface area contributed by atoms with Gasteiger partial charge in [0.05, 0.1) is 5.69 Å². The molecule has 5 nitrogen and oxygen atoms in total. The molecule has 0 saturated heterocycles. The zero-order valence-electron chi connectivity index (χ0n) is 15.5. The van der Waals surface area contributed by atoms with Gasteiger partial charge >= 0.3 is 0 Å². The number of hydrogen-bond acceptors (Lipinski definition) is 4. The van der Waals surface area contributed by atoms with Crippen LogP contribution in [0, 0.1) is 18.8 Å². The summed E-state index contributed by atoms with van der Waals surface area (Å²) in [5.74, 6) is 1.63. The Morgan fingerprint density at radius 1 is 1.11 bits per heavy atom. The van der Waals surface area contributed by atoms with E-state index in [2.05, 4.69) is 27.2 Å². The van der Waals surface area contributed by atoms with Gasteiger partial charge in [-0.15, -0.1) is 0 Å². The molecule has 2 unspecified atom stereocenters. The number of pyridine rings is 1. The maximum Gasteiger partial charge on any atom is 0.223 e. The van der Waals surface area contributed by atoms with Crippen LogP contribution in [0.2, 0.25) is 0 Å². The topological polar surface area (TPSA) is 67.8 Å². The molecule has 4 rings (SSSR count). The Morgan fingerprint density at radius 3 is 2.48 bits per heavy atom. The molecule has 0 aliphatic heterocycles. The van der Waals surface area contributed by atoms with Crippen molar-refractivity contribution in [3.63, 3.8) is 0 Å². The summed E-state index contributed by atoms with van der Waals surface area (Å²) >= 11 is 0. The summed E-state index contributed by atoms with van der Waals surface area (Å²) in [5, 5.41) is 3.03. The summed E-state index contributed by atoms with van der Waals surface area (Å²) in [7, 11) is 0. The van der Waals surface area contributed by atoms with E-state index in [9.17, 15) is 4.79 Å². The molecule has 3 aromatic rings. The van der Waals surface area contributed by atoms with Crippen molar-refractivity contribution in [1.29, 1.82) is 0 Å². The van der Waals surface area contributed by atoms with Crippen LogP contribution < -0.4 is 5.32 Å². The van der Waals surface area contributed by atoms with Crippen LogP contribution in [0.15, 0.2) is 55.0 Å². The van der Waals surface area contributed by atoms with Crippen LogP contribution in [0.5, 0.6) is 0 Å². The molecule has 0 radical (unpaired) electrons. The Labute approximate surface area is 158 Å². The molecular weight excluding hydrogens is 336 g/mol. The van der Waals surface area contributed by atoms with Gasteiger partial charge in [-0.1, -0.05) is 31.2 Å². The lowest BCUT2D eigenvalue weighted by molar-refractivity contribution is -0.122. The van der Waals surface area contributed by atoms with Crippen molar-refractivity contribution in [2.75, 3.05) is 0 Å². The smallest absolute Gasteiger partial charge is 0.223 e. The molecule has 0 bridgehead atoms. The van der Waals surface area contributed by atoms with Crippen LogP contribution in [-0.4, -0.2) is 20.9 Å². The number of benzene rings is 1. The standard InChI is InChI=1S/C22H22N4O/c1-14-11-19(14)22(27)25-12-16-3-5-18(6-4-16)21-20(13-24-15(2)26-21)17-7-9-23-10-8-17/h3-10,13-14,19H,11-12H2,1-2H3,(H,25,27). The number of rotatable bonds is 5. The quantitative estimate of drug-likeness (QED) is 0.753. The molecule has 1 aliphatic rings. The minimum absolute atomic E-state index is 0.165. The van der Waals surface area contributed by atoms with E-state index in [1.807, 2.05) is 49.5 Å². The highest BCUT2D eigenvalue weighted by atomic mass is 16.2. The van der Waals surface area contributed by atoms with Crippen molar-refractivity contribution >= 4 is 5.91 Å². The van der Waals surface area contributed by atoms with Crippen LogP contribution in [0.25, 0.3) is 22.4 Å². The second-order valence-electron chi connectivity index (χ2n) is 7.15. The van der Waals surface area contributed by atoms with Gasteiger partial charge in [-0.2, -0.15) is 0 Å². The number of aryl methyl sites for hydroxylation is 1. The second kappa shape index (κ2) is 7.27. The number of carbonyl (C=O) groups is 1. The Hall–Kier alpha value is -3.08. The Balaban J connectivity index is 1.55. The van der Waals surface area contributed by atoms with Gasteiger partial charge in [0, 0.05) is 42.2 Å². The first-order chi connectivity index (χ1) is 13.1. The minimum Gasteiger partial charge on any atom is -0.352 e. The van der Waals surface area contributed by atoms with E-state index < -0.39 is 0 Å². The van der Waals surface area contributed by atoms with E-state index in [1.54, 1.807) is 12.4 Å². The van der Waals surface area contributed by atoms with Gasteiger partial charge in [-0.05, 0) is 42.5 Å². The Kier molecular flexibility index (Phi) is 4.67. The zero-order valence-corrected chi connectivity index (χ0v) is 15.5. The van der Waals surface area contributed by atoms with E-state index in [0.717, 1.165) is 40.2 Å². The molecule has 1 aliphatic carbocycles. The van der Waals surface area contributed by atoms with Crippen molar-refractivity contribution in [3.05, 3.63) is 66.4 Å². The van der Waals surface area contributed by atoms with Crippen molar-refractivity contribution < 1.29 is 4.79 Å². The maximum atomic E-state index is 12.0. The summed E-state index contributed by atoms with van der Waals surface area (Å²) in [6.07, 6.45) is 6.41. The number of amides is 1. The highest BCUT2D eigenvalue weighted by molar-refractivity contribution is 5.81. The Bertz CT molecular complexity index is 954. The fourth-order valence-electron chi connectivity index (χ4n) is 3.22. The van der Waals surface area contributed by atoms with Crippen molar-refractivity contribution in [2.24, 2.45) is 11.8 Å². The first-order valence-corrected chi connectivity index (χ1v) is 9.23. The summed E-state index contributed by atoms with van der Waals surface area (Å²) in [6.45, 7) is 4.56. The molecule has 1 N–H and O–H groups in total. The van der Waals surface area contributed by atoms with Gasteiger partial charge in [0.25, 0.3) is 0 Å². The molecule has 1 aromatic carbocycles. The fraction of sp³-hybridized carbons (Fsp3) is 0.273. The first kappa shape index (κ1) is 17.3. The van der Waals surface area contributed by atoms with Gasteiger partial charge < -0.3 is 5.32 Å². The van der Waals surface area contributed by atoms with Gasteiger partial charge in [-0.25, -0.2) is 9.97 Å². The lowest BCUT2D eigenvalue weighted by Crippen LogP contribution is -2.24. The predicted octanol–water partition coefficient (Wildman–Crippen LogP) is 3.79. The van der Waals surface area contributed by atoms with E-state index in [1.165, 1.54) is 0 Å². The zero-order chi connectivity index (χ0) is 18.8. The lowest BCUT2D eigenvalue weighted by Gasteiger charge is -2.11. The van der Waals surface area contributed by atoms with Gasteiger partial charge in [0.15, 0.2) is 0 Å². The molecule has 27 heavy (non-hydrogen) atoms. The molecular formula is C22H22N4O. The van der Waals surface area contributed by atoms with Crippen LogP contribution in [0.3, 0.4) is 0 Å². The normalized spacial score (nSPS) is 18.1. The number of hydrogen-bond donors (Lipinski definition) is 1. The van der Waals surface area contributed by atoms with Gasteiger partial charge in [0.2, 0.25) is 5.91 Å². The molecule has 1 amide bonds. The highest BCUT2D eigenvalue weighted by Crippen LogP contribution is 2.37. The van der Waals surface area contributed by atoms with Crippen LogP contribution in [-0.2, 0) is 11.3 Å². The molecule has 0 spiro atoms. The van der Waals surface area contributed by atoms with Crippen LogP contribution in [0.1, 0.15) is 24.7 Å². The number of nitrogens with zero attached hydrogens (tertiary/aromatic N) is 3. The molecule has 1 saturated carbocycles. The number of nitrogens with one attached hydrogen (secondary N) is 1. The minimum atomic E-state index is 0.165. The molecule has 2 heterocycles. The summed E-state index contributed by atoms with van der Waals surface area (Å²) in [6, 6.07) is 12.1. The third-order valence-corrected chi connectivity index (χ3v) is 5.04. The number of carbonyl (C=O) groups excluding carboxylic acids is 1. The molecule has 136 valence electrons. The van der Waals surface area contributed by atoms with Crippen LogP contribution in [0.4, 0.5) is 0 Å². The largest absolute Gasteiger partial charge is 0.352 e. The van der Waals surface area contributed by atoms with E-state index in [0.29, 0.717) is 12.5 Å². The van der Waals surface area contributed by atoms with Crippen molar-refractivity contribution in [3.8, 4) is 22.4 Å². The fourth-order valence-corrected chi connectivity index (χ4v) is 3.22. The average molecular weight is 358 g/mol. The van der Waals surface area contributed by atoms with E-state index >= 15 is 0 Å². The molecule has 1 fully saturated rings. The lowest BCUT2D eigenvalue weighted by atomic mass is 10.0. The van der Waals surface area contributed by atoms with E-state index in [4.69, 9.17) is 0 Å². The SMILES string of the molecule is Cc1ncc(-c2ccncc2)c(-c2ccc(CNC(=O)C3CC3C)cc2)n1. The third kappa shape index (κ3) is 3.87. The monoisotopic (exact) mass is 358 g/mol. The van der Waals surface area contributed by atoms with Gasteiger partial charge in [-0.3, -0.25) is 9.78 Å². The average Bonchev–Trinajstić information content (AvgIpc) is 3.44. The predicted molar refractivity (Wildman–Crippen MR) is 105 cm³/mol. The highest BCUT2D eigenvalue weighted by Gasteiger charge is 2.38. The third-order valence-electron chi connectivity index (χ3n) is 5.04. The molecule has 2 aromatic heterocycles. The van der Waals surface area contributed by atoms with Crippen molar-refractivity contribution in [1.82, 2.24) is 20.3 Å². The van der Waals surface area contributed by atoms with Crippen molar-refractivity contribution in [2.45, 2.75) is 26.8 Å². The second-order valence-corrected chi connectivity index (χ2v) is 7.15. The summed E-state index contributed by atoms with van der Waals surface area (Å²) < 4.78 is 0. The summed E-state index contributed by atoms with van der Waals surface area (Å²) in [4.78, 5) is 25.1. The Morgan fingerprint density at radius 2 is 1.81 bits per heavy atom. The first-order valence-electron chi connectivity index (χ1n) is 9.23. The molecule has 5 heteroatoms. The number of aromatic nitrogens is 3. The van der Waals surface area contributed by atoms with E-state index in [-0.39, 0.29) is 11.8 Å². The molecule has 2 atom stereocenters. The summed E-state index contributed by atoms with van der Waals surface area (Å²) in [5.41, 5.74) is 5.02. The maximum absolute atomic E-state index is 12.0. The van der Waals surface area contributed by atoms with Gasteiger partial charge in [0.1, 0.15) is 5.82 Å².